The fourth-order valence-electron chi connectivity index (χ4n) is 8.31. The highest BCUT2D eigenvalue weighted by molar-refractivity contribution is 6.14. The number of fused-ring (bicyclic) bond motifs is 14. The van der Waals surface area contributed by atoms with Gasteiger partial charge in [-0.15, -0.1) is 0 Å². The minimum atomic E-state index is -0.404. The maximum absolute atomic E-state index is 2.57. The highest BCUT2D eigenvalue weighted by atomic mass is 15.0. The lowest BCUT2D eigenvalue weighted by atomic mass is 9.64. The molecule has 2 unspecified atom stereocenters. The molecule has 202 valence electrons. The number of benzene rings is 6. The van der Waals surface area contributed by atoms with Crippen LogP contribution in [0.1, 0.15) is 65.1 Å². The lowest BCUT2D eigenvalue weighted by molar-refractivity contribution is 0.713. The van der Waals surface area contributed by atoms with Gasteiger partial charge in [0.2, 0.25) is 0 Å². The molecule has 9 rings (SSSR count). The lowest BCUT2D eigenvalue weighted by Gasteiger charge is -2.40. The summed E-state index contributed by atoms with van der Waals surface area (Å²) in [5.41, 5.74) is 15.9. The van der Waals surface area contributed by atoms with Crippen LogP contribution in [0, 0.1) is 13.8 Å². The largest absolute Gasteiger partial charge is 0.309 e. The Bertz CT molecular complexity index is 2280. The Kier molecular flexibility index (Phi) is 4.71. The highest BCUT2D eigenvalue weighted by Gasteiger charge is 2.51. The van der Waals surface area contributed by atoms with Gasteiger partial charge in [0.1, 0.15) is 0 Å². The molecule has 42 heavy (non-hydrogen) atoms. The fraction of sp³-hybridized carbons (Fsp3) is 0.171. The van der Waals surface area contributed by atoms with Crippen LogP contribution in [0.3, 0.4) is 0 Å². The molecule has 1 nitrogen and oxygen atoms in total. The topological polar surface area (TPSA) is 4.93 Å². The van der Waals surface area contributed by atoms with E-state index in [0.29, 0.717) is 5.92 Å². The Morgan fingerprint density at radius 1 is 0.643 bits per heavy atom. The number of aryl methyl sites for hydroxylation is 2. The first-order chi connectivity index (χ1) is 20.5. The first kappa shape index (κ1) is 24.0. The first-order valence-corrected chi connectivity index (χ1v) is 15.3. The number of aromatic nitrogens is 1. The van der Waals surface area contributed by atoms with Crippen molar-refractivity contribution >= 4 is 32.6 Å². The van der Waals surface area contributed by atoms with Crippen molar-refractivity contribution in [1.82, 2.24) is 4.57 Å². The Hall–Kier alpha value is -4.62. The molecule has 0 fully saturated rings. The van der Waals surface area contributed by atoms with Crippen molar-refractivity contribution in [1.29, 1.82) is 0 Å². The molecule has 1 spiro atoms. The SMILES string of the molecule is CCC(C)c1ccc2c(c1)C1(c3ccccc3-c3c1ccc1ccccc31)c1cc(C)cc3c4cc(C)ccc4n-2c13. The quantitative estimate of drug-likeness (QED) is 0.206. The van der Waals surface area contributed by atoms with Gasteiger partial charge in [0.05, 0.1) is 22.1 Å². The number of hydrogen-bond donors (Lipinski definition) is 0. The first-order valence-electron chi connectivity index (χ1n) is 15.3. The average Bonchev–Trinajstić information content (AvgIpc) is 3.50. The smallest absolute Gasteiger partial charge is 0.0754 e. The Morgan fingerprint density at radius 2 is 1.45 bits per heavy atom. The van der Waals surface area contributed by atoms with E-state index in [4.69, 9.17) is 0 Å². The predicted octanol–water partition coefficient (Wildman–Crippen LogP) is 10.7. The van der Waals surface area contributed by atoms with Crippen molar-refractivity contribution in [2.45, 2.75) is 45.4 Å². The van der Waals surface area contributed by atoms with E-state index in [1.807, 2.05) is 0 Å². The summed E-state index contributed by atoms with van der Waals surface area (Å²) in [6, 6.07) is 42.2. The van der Waals surface area contributed by atoms with E-state index in [0.717, 1.165) is 6.42 Å². The van der Waals surface area contributed by atoms with E-state index in [1.54, 1.807) is 0 Å². The van der Waals surface area contributed by atoms with Gasteiger partial charge in [-0.05, 0) is 100 Å². The van der Waals surface area contributed by atoms with Gasteiger partial charge in [-0.25, -0.2) is 0 Å². The van der Waals surface area contributed by atoms with Crippen molar-refractivity contribution in [2.24, 2.45) is 0 Å². The third-order valence-electron chi connectivity index (χ3n) is 10.3. The van der Waals surface area contributed by atoms with Crippen LogP contribution in [0.4, 0.5) is 0 Å². The fourth-order valence-corrected chi connectivity index (χ4v) is 8.31. The van der Waals surface area contributed by atoms with Gasteiger partial charge in [-0.2, -0.15) is 0 Å². The van der Waals surface area contributed by atoms with Crippen molar-refractivity contribution in [3.63, 3.8) is 0 Å². The average molecular weight is 540 g/mol. The zero-order valence-electron chi connectivity index (χ0n) is 24.6. The molecule has 1 aliphatic heterocycles. The third-order valence-corrected chi connectivity index (χ3v) is 10.3. The van der Waals surface area contributed by atoms with Gasteiger partial charge in [0.15, 0.2) is 0 Å². The van der Waals surface area contributed by atoms with Crippen LogP contribution >= 0.6 is 0 Å². The molecule has 2 heterocycles. The van der Waals surface area contributed by atoms with E-state index >= 15 is 0 Å². The summed E-state index contributed by atoms with van der Waals surface area (Å²) in [6.45, 7) is 9.15. The Labute approximate surface area is 247 Å². The molecule has 0 N–H and O–H groups in total. The zero-order valence-corrected chi connectivity index (χ0v) is 24.6. The second kappa shape index (κ2) is 8.23. The van der Waals surface area contributed by atoms with Gasteiger partial charge >= 0.3 is 0 Å². The molecule has 2 aliphatic rings. The molecule has 0 amide bonds. The molecule has 0 saturated carbocycles. The molecule has 6 aromatic carbocycles. The van der Waals surface area contributed by atoms with Crippen molar-refractivity contribution < 1.29 is 0 Å². The zero-order chi connectivity index (χ0) is 28.3. The van der Waals surface area contributed by atoms with Crippen LogP contribution in [-0.2, 0) is 5.41 Å². The van der Waals surface area contributed by atoms with E-state index in [1.165, 1.54) is 88.3 Å². The second-order valence-corrected chi connectivity index (χ2v) is 12.7. The summed E-state index contributed by atoms with van der Waals surface area (Å²) < 4.78 is 2.57. The number of hydrogen-bond acceptors (Lipinski definition) is 0. The molecule has 1 aromatic heterocycles. The number of rotatable bonds is 2. The standard InChI is InChI=1S/C41H33N/c1-5-26(4)28-16-19-38-35(23-28)41(36-22-25(3)21-32-31-20-24(2)14-18-37(31)42(38)40(32)36)33-13-9-8-12-30(33)39-29-11-7-6-10-27(29)15-17-34(39)41/h6-23,26H,5H2,1-4H3. The van der Waals surface area contributed by atoms with Crippen molar-refractivity contribution in [3.8, 4) is 16.8 Å². The highest BCUT2D eigenvalue weighted by Crippen LogP contribution is 2.62. The Morgan fingerprint density at radius 3 is 2.33 bits per heavy atom. The second-order valence-electron chi connectivity index (χ2n) is 12.7. The molecule has 2 atom stereocenters. The summed E-state index contributed by atoms with van der Waals surface area (Å²) in [5, 5.41) is 5.33. The lowest BCUT2D eigenvalue weighted by Crippen LogP contribution is -2.34. The van der Waals surface area contributed by atoms with Crippen LogP contribution < -0.4 is 0 Å². The molecule has 1 aliphatic carbocycles. The molecule has 7 aromatic rings. The van der Waals surface area contributed by atoms with Crippen molar-refractivity contribution in [2.75, 3.05) is 0 Å². The predicted molar refractivity (Wildman–Crippen MR) is 177 cm³/mol. The van der Waals surface area contributed by atoms with E-state index < -0.39 is 5.41 Å². The maximum atomic E-state index is 2.57. The minimum Gasteiger partial charge on any atom is -0.309 e. The molecule has 0 bridgehead atoms. The van der Waals surface area contributed by atoms with Crippen LogP contribution in [0.2, 0.25) is 0 Å². The third kappa shape index (κ3) is 2.79. The molecule has 0 saturated heterocycles. The summed E-state index contributed by atoms with van der Waals surface area (Å²) >= 11 is 0. The van der Waals surface area contributed by atoms with E-state index in [9.17, 15) is 0 Å². The van der Waals surface area contributed by atoms with Crippen molar-refractivity contribution in [3.05, 3.63) is 148 Å². The van der Waals surface area contributed by atoms with E-state index in [2.05, 4.69) is 141 Å². The summed E-state index contributed by atoms with van der Waals surface area (Å²) in [6.07, 6.45) is 1.12. The van der Waals surface area contributed by atoms with Crippen LogP contribution in [0.25, 0.3) is 49.4 Å². The maximum Gasteiger partial charge on any atom is 0.0754 e. The van der Waals surface area contributed by atoms with Crippen LogP contribution in [0.15, 0.2) is 109 Å². The van der Waals surface area contributed by atoms with Gasteiger partial charge in [0, 0.05) is 10.8 Å². The summed E-state index contributed by atoms with van der Waals surface area (Å²) in [4.78, 5) is 0. The summed E-state index contributed by atoms with van der Waals surface area (Å²) in [7, 11) is 0. The van der Waals surface area contributed by atoms with Gasteiger partial charge in [-0.1, -0.05) is 110 Å². The number of nitrogens with zero attached hydrogens (tertiary/aromatic N) is 1. The van der Waals surface area contributed by atoms with E-state index in [-0.39, 0.29) is 0 Å². The molecular weight excluding hydrogens is 506 g/mol. The van der Waals surface area contributed by atoms with Gasteiger partial charge < -0.3 is 4.57 Å². The monoisotopic (exact) mass is 539 g/mol. The molecular formula is C41H33N. The van der Waals surface area contributed by atoms with Crippen LogP contribution in [-0.4, -0.2) is 4.57 Å². The molecule has 1 heteroatoms. The normalized spacial score (nSPS) is 17.1. The minimum absolute atomic E-state index is 0.404. The molecule has 0 radical (unpaired) electrons. The van der Waals surface area contributed by atoms with Crippen LogP contribution in [0.5, 0.6) is 0 Å². The Balaban J connectivity index is 1.57. The summed E-state index contributed by atoms with van der Waals surface area (Å²) in [5.74, 6) is 0.489. The van der Waals surface area contributed by atoms with Gasteiger partial charge in [0.25, 0.3) is 0 Å². The van der Waals surface area contributed by atoms with Gasteiger partial charge in [-0.3, -0.25) is 0 Å².